The van der Waals surface area contributed by atoms with Crippen LogP contribution in [0.4, 0.5) is 24.8 Å². The number of nitrogens with one attached hydrogen (secondary N) is 2. The van der Waals surface area contributed by atoms with E-state index >= 15 is 0 Å². The summed E-state index contributed by atoms with van der Waals surface area (Å²) in [6.07, 6.45) is 2.10. The summed E-state index contributed by atoms with van der Waals surface area (Å²) in [6.45, 7) is 0. The number of aromatic amines is 1. The summed E-state index contributed by atoms with van der Waals surface area (Å²) in [4.78, 5) is 24.3. The average Bonchev–Trinajstić information content (AvgIpc) is 3.23. The van der Waals surface area contributed by atoms with Crippen molar-refractivity contribution < 1.29 is 13.2 Å². The van der Waals surface area contributed by atoms with Crippen LogP contribution in [0, 0.1) is 0 Å². The predicted molar refractivity (Wildman–Crippen MR) is 113 cm³/mol. The highest BCUT2D eigenvalue weighted by Crippen LogP contribution is 2.32. The van der Waals surface area contributed by atoms with E-state index in [1.807, 2.05) is 12.1 Å². The Morgan fingerprint density at radius 3 is 2.34 bits per heavy atom. The molecule has 0 saturated carbocycles. The van der Waals surface area contributed by atoms with Gasteiger partial charge >= 0.3 is 6.18 Å². The lowest BCUT2D eigenvalue weighted by Crippen LogP contribution is -2.04. The Labute approximate surface area is 179 Å². The van der Waals surface area contributed by atoms with E-state index in [2.05, 4.69) is 35.2 Å². The van der Waals surface area contributed by atoms with Crippen molar-refractivity contribution in [2.45, 2.75) is 6.18 Å². The van der Waals surface area contributed by atoms with Gasteiger partial charge < -0.3 is 10.3 Å². The van der Waals surface area contributed by atoms with Gasteiger partial charge in [-0.3, -0.25) is 0 Å². The zero-order valence-electron chi connectivity index (χ0n) is 16.3. The zero-order chi connectivity index (χ0) is 22.1. The highest BCUT2D eigenvalue weighted by molar-refractivity contribution is 5.81. The third kappa shape index (κ3) is 3.97. The first-order chi connectivity index (χ1) is 15.5. The molecule has 2 aromatic carbocycles. The van der Waals surface area contributed by atoms with Crippen molar-refractivity contribution in [3.63, 3.8) is 0 Å². The first-order valence-corrected chi connectivity index (χ1v) is 9.49. The van der Waals surface area contributed by atoms with Crippen molar-refractivity contribution in [1.82, 2.24) is 29.9 Å². The topological polar surface area (TPSA) is 92.3 Å². The number of halogens is 3. The number of hydrogen-bond acceptors (Lipinski definition) is 6. The fourth-order valence-electron chi connectivity index (χ4n) is 3.15. The van der Waals surface area contributed by atoms with Gasteiger partial charge in [-0.1, -0.05) is 12.1 Å². The highest BCUT2D eigenvalue weighted by atomic mass is 19.4. The van der Waals surface area contributed by atoms with Gasteiger partial charge in [0.15, 0.2) is 5.82 Å². The molecule has 0 atom stereocenters. The molecule has 0 saturated heterocycles. The zero-order valence-corrected chi connectivity index (χ0v) is 16.3. The van der Waals surface area contributed by atoms with Crippen molar-refractivity contribution in [2.24, 2.45) is 0 Å². The second-order valence-corrected chi connectivity index (χ2v) is 6.89. The van der Waals surface area contributed by atoms with Gasteiger partial charge in [0, 0.05) is 36.0 Å². The number of aromatic nitrogens is 6. The van der Waals surface area contributed by atoms with E-state index in [9.17, 15) is 13.2 Å². The number of fused-ring (bicyclic) bond motifs is 1. The van der Waals surface area contributed by atoms with Crippen LogP contribution in [0.2, 0.25) is 0 Å². The monoisotopic (exact) mass is 433 g/mol. The standard InChI is InChI=1S/C22H14F3N7/c23-22(24,25)15-5-6-17-18(10-15)32-20(31-17)13-3-1-4-16(9-13)30-21-28-11-14(12-29-21)19-26-7-2-8-27-19/h1-12H,(H,31,32)(H,28,29,30). The third-order valence-corrected chi connectivity index (χ3v) is 4.68. The van der Waals surface area contributed by atoms with Crippen LogP contribution in [0.5, 0.6) is 0 Å². The minimum atomic E-state index is -4.41. The maximum absolute atomic E-state index is 13.0. The molecule has 0 fully saturated rings. The van der Waals surface area contributed by atoms with Gasteiger partial charge in [0.2, 0.25) is 5.95 Å². The normalized spacial score (nSPS) is 11.6. The van der Waals surface area contributed by atoms with E-state index in [1.165, 1.54) is 6.07 Å². The van der Waals surface area contributed by atoms with Gasteiger partial charge in [0.25, 0.3) is 0 Å². The van der Waals surface area contributed by atoms with Gasteiger partial charge in [0.05, 0.1) is 22.2 Å². The van der Waals surface area contributed by atoms with Crippen LogP contribution < -0.4 is 5.32 Å². The molecule has 32 heavy (non-hydrogen) atoms. The number of alkyl halides is 3. The van der Waals surface area contributed by atoms with E-state index in [-0.39, 0.29) is 0 Å². The minimum absolute atomic E-state index is 0.315. The first kappa shape index (κ1) is 19.6. The van der Waals surface area contributed by atoms with Gasteiger partial charge in [-0.25, -0.2) is 24.9 Å². The number of hydrogen-bond donors (Lipinski definition) is 2. The number of H-pyrrole nitrogens is 1. The molecule has 3 heterocycles. The summed E-state index contributed by atoms with van der Waals surface area (Å²) in [6, 6.07) is 12.4. The number of rotatable bonds is 4. The Morgan fingerprint density at radius 2 is 1.59 bits per heavy atom. The SMILES string of the molecule is FC(F)(F)c1ccc2nc(-c3cccc(Nc4ncc(-c5ncccn5)cn4)c3)[nH]c2c1. The fourth-order valence-corrected chi connectivity index (χ4v) is 3.15. The summed E-state index contributed by atoms with van der Waals surface area (Å²) < 4.78 is 38.9. The van der Waals surface area contributed by atoms with Crippen LogP contribution in [-0.2, 0) is 6.18 Å². The van der Waals surface area contributed by atoms with Crippen molar-refractivity contribution >= 4 is 22.7 Å². The number of imidazole rings is 1. The van der Waals surface area contributed by atoms with Crippen molar-refractivity contribution in [3.8, 4) is 22.8 Å². The van der Waals surface area contributed by atoms with E-state index < -0.39 is 11.7 Å². The molecule has 0 spiro atoms. The predicted octanol–water partition coefficient (Wildman–Crippen LogP) is 5.24. The van der Waals surface area contributed by atoms with Crippen LogP contribution >= 0.6 is 0 Å². The quantitative estimate of drug-likeness (QED) is 0.403. The Kier molecular flexibility index (Phi) is 4.74. The summed E-state index contributed by atoms with van der Waals surface area (Å²) in [7, 11) is 0. The Hall–Kier alpha value is -4.34. The molecule has 0 amide bonds. The lowest BCUT2D eigenvalue weighted by Gasteiger charge is -2.06. The maximum Gasteiger partial charge on any atom is 0.416 e. The molecular formula is C22H14F3N7. The number of nitrogens with zero attached hydrogens (tertiary/aromatic N) is 5. The van der Waals surface area contributed by atoms with Gasteiger partial charge in [0.1, 0.15) is 5.82 Å². The van der Waals surface area contributed by atoms with E-state index in [0.717, 1.165) is 12.1 Å². The van der Waals surface area contributed by atoms with Crippen LogP contribution in [0.15, 0.2) is 73.3 Å². The summed E-state index contributed by atoms with van der Waals surface area (Å²) in [5, 5.41) is 3.10. The largest absolute Gasteiger partial charge is 0.416 e. The summed E-state index contributed by atoms with van der Waals surface area (Å²) in [5.74, 6) is 1.36. The van der Waals surface area contributed by atoms with Gasteiger partial charge in [-0.2, -0.15) is 13.2 Å². The lowest BCUT2D eigenvalue weighted by atomic mass is 10.2. The van der Waals surface area contributed by atoms with Crippen molar-refractivity contribution in [1.29, 1.82) is 0 Å². The van der Waals surface area contributed by atoms with Crippen LogP contribution in [0.1, 0.15) is 5.56 Å². The van der Waals surface area contributed by atoms with Gasteiger partial charge in [-0.15, -0.1) is 0 Å². The molecule has 0 aliphatic heterocycles. The third-order valence-electron chi connectivity index (χ3n) is 4.68. The van der Waals surface area contributed by atoms with Crippen molar-refractivity contribution in [3.05, 3.63) is 78.9 Å². The smallest absolute Gasteiger partial charge is 0.338 e. The second-order valence-electron chi connectivity index (χ2n) is 6.89. The fraction of sp³-hybridized carbons (Fsp3) is 0.0455. The Balaban J connectivity index is 1.39. The highest BCUT2D eigenvalue weighted by Gasteiger charge is 2.30. The molecule has 7 nitrogen and oxygen atoms in total. The Bertz CT molecular complexity index is 1380. The van der Waals surface area contributed by atoms with Gasteiger partial charge in [-0.05, 0) is 36.4 Å². The molecule has 0 radical (unpaired) electrons. The molecule has 0 aliphatic carbocycles. The van der Waals surface area contributed by atoms with Crippen LogP contribution in [0.25, 0.3) is 33.8 Å². The summed E-state index contributed by atoms with van der Waals surface area (Å²) >= 11 is 0. The molecule has 5 aromatic rings. The molecule has 10 heteroatoms. The molecule has 158 valence electrons. The summed E-state index contributed by atoms with van der Waals surface area (Å²) in [5.41, 5.74) is 2.13. The average molecular weight is 433 g/mol. The lowest BCUT2D eigenvalue weighted by molar-refractivity contribution is -0.137. The maximum atomic E-state index is 13.0. The van der Waals surface area contributed by atoms with E-state index in [4.69, 9.17) is 0 Å². The van der Waals surface area contributed by atoms with E-state index in [0.29, 0.717) is 45.4 Å². The Morgan fingerprint density at radius 1 is 0.812 bits per heavy atom. The molecular weight excluding hydrogens is 419 g/mol. The molecule has 3 aromatic heterocycles. The molecule has 0 bridgehead atoms. The molecule has 0 unspecified atom stereocenters. The minimum Gasteiger partial charge on any atom is -0.338 e. The van der Waals surface area contributed by atoms with E-state index in [1.54, 1.807) is 43.0 Å². The van der Waals surface area contributed by atoms with Crippen LogP contribution in [0.3, 0.4) is 0 Å². The van der Waals surface area contributed by atoms with Crippen molar-refractivity contribution in [2.75, 3.05) is 5.32 Å². The number of benzene rings is 2. The first-order valence-electron chi connectivity index (χ1n) is 9.49. The molecule has 2 N–H and O–H groups in total. The number of anilines is 2. The molecule has 5 rings (SSSR count). The second kappa shape index (κ2) is 7.73. The molecule has 0 aliphatic rings. The van der Waals surface area contributed by atoms with Crippen LogP contribution in [-0.4, -0.2) is 29.9 Å².